The quantitative estimate of drug-likeness (QED) is 0.845. The fraction of sp³-hybridized carbons (Fsp3) is 0.278. The van der Waals surface area contributed by atoms with Gasteiger partial charge in [-0.3, -0.25) is 0 Å². The van der Waals surface area contributed by atoms with Gasteiger partial charge in [-0.1, -0.05) is 24.3 Å². The van der Waals surface area contributed by atoms with E-state index in [1.807, 2.05) is 24.3 Å². The molecule has 2 aromatic carbocycles. The van der Waals surface area contributed by atoms with Crippen LogP contribution in [0.4, 0.5) is 0 Å². The van der Waals surface area contributed by atoms with Crippen LogP contribution >= 0.6 is 0 Å². The third kappa shape index (κ3) is 2.23. The van der Waals surface area contributed by atoms with Crippen LogP contribution in [0.3, 0.4) is 0 Å². The molecule has 0 aliphatic heterocycles. The van der Waals surface area contributed by atoms with Crippen molar-refractivity contribution in [1.82, 2.24) is 0 Å². The van der Waals surface area contributed by atoms with Crippen LogP contribution in [0.1, 0.15) is 28.2 Å². The van der Waals surface area contributed by atoms with Crippen molar-refractivity contribution in [2.45, 2.75) is 18.8 Å². The van der Waals surface area contributed by atoms with Crippen molar-refractivity contribution in [1.29, 1.82) is 5.26 Å². The van der Waals surface area contributed by atoms with E-state index in [0.717, 1.165) is 35.3 Å². The first kappa shape index (κ1) is 13.5. The number of hydrogen-bond donors (Lipinski definition) is 0. The molecule has 1 atom stereocenters. The van der Waals surface area contributed by atoms with Gasteiger partial charge in [0.05, 0.1) is 26.2 Å². The van der Waals surface area contributed by atoms with Crippen LogP contribution in [0.25, 0.3) is 0 Å². The second-order valence-corrected chi connectivity index (χ2v) is 5.17. The Kier molecular flexibility index (Phi) is 3.53. The lowest BCUT2D eigenvalue weighted by Crippen LogP contribution is -2.03. The number of nitrogens with zero attached hydrogens (tertiary/aromatic N) is 1. The number of fused-ring (bicyclic) bond motifs is 2. The fourth-order valence-electron chi connectivity index (χ4n) is 3.04. The van der Waals surface area contributed by atoms with Crippen LogP contribution in [0.15, 0.2) is 36.4 Å². The third-order valence-electron chi connectivity index (χ3n) is 4.12. The summed E-state index contributed by atoms with van der Waals surface area (Å²) in [6.45, 7) is 0. The van der Waals surface area contributed by atoms with Crippen LogP contribution < -0.4 is 9.47 Å². The van der Waals surface area contributed by atoms with Gasteiger partial charge in [-0.25, -0.2) is 0 Å². The van der Waals surface area contributed by atoms with Gasteiger partial charge >= 0.3 is 0 Å². The lowest BCUT2D eigenvalue weighted by molar-refractivity contribution is 0.354. The maximum Gasteiger partial charge on any atom is 0.161 e. The van der Waals surface area contributed by atoms with E-state index < -0.39 is 0 Å². The van der Waals surface area contributed by atoms with Gasteiger partial charge in [-0.15, -0.1) is 0 Å². The first-order valence-corrected chi connectivity index (χ1v) is 7.00. The summed E-state index contributed by atoms with van der Waals surface area (Å²) in [5.74, 6) is 1.15. The molecule has 3 heteroatoms. The molecule has 0 heterocycles. The zero-order valence-corrected chi connectivity index (χ0v) is 12.2. The number of rotatable bonds is 2. The van der Waals surface area contributed by atoms with E-state index in [2.05, 4.69) is 18.2 Å². The molecule has 0 spiro atoms. The highest BCUT2D eigenvalue weighted by atomic mass is 16.5. The molecule has 0 saturated carbocycles. The smallest absolute Gasteiger partial charge is 0.161 e. The van der Waals surface area contributed by atoms with Gasteiger partial charge in [0.1, 0.15) is 0 Å². The van der Waals surface area contributed by atoms with E-state index in [9.17, 15) is 5.26 Å². The lowest BCUT2D eigenvalue weighted by Gasteiger charge is -2.16. The van der Waals surface area contributed by atoms with Gasteiger partial charge in [0, 0.05) is 0 Å². The fourth-order valence-corrected chi connectivity index (χ4v) is 3.04. The summed E-state index contributed by atoms with van der Waals surface area (Å²) < 4.78 is 10.8. The normalized spacial score (nSPS) is 16.1. The van der Waals surface area contributed by atoms with Gasteiger partial charge in [0.2, 0.25) is 0 Å². The molecular formula is C18H17NO2. The minimum Gasteiger partial charge on any atom is -0.493 e. The van der Waals surface area contributed by atoms with Crippen molar-refractivity contribution in [3.63, 3.8) is 0 Å². The Morgan fingerprint density at radius 2 is 1.62 bits per heavy atom. The number of aryl methyl sites for hydroxylation is 2. The summed E-state index contributed by atoms with van der Waals surface area (Å²) in [6, 6.07) is 14.6. The summed E-state index contributed by atoms with van der Waals surface area (Å²) in [5, 5.41) is 9.68. The van der Waals surface area contributed by atoms with Crippen molar-refractivity contribution >= 4 is 0 Å². The molecule has 0 aromatic heterocycles. The molecule has 106 valence electrons. The van der Waals surface area contributed by atoms with Crippen molar-refractivity contribution in [2.24, 2.45) is 0 Å². The summed E-state index contributed by atoms with van der Waals surface area (Å²) in [5.41, 5.74) is 4.54. The Labute approximate surface area is 124 Å². The molecule has 3 nitrogen and oxygen atoms in total. The minimum absolute atomic E-state index is 0.251. The number of ether oxygens (including phenoxy) is 2. The summed E-state index contributed by atoms with van der Waals surface area (Å²) in [7, 11) is 3.26. The maximum atomic E-state index is 9.68. The van der Waals surface area contributed by atoms with Crippen LogP contribution in [-0.4, -0.2) is 14.2 Å². The van der Waals surface area contributed by atoms with E-state index in [-0.39, 0.29) is 5.92 Å². The summed E-state index contributed by atoms with van der Waals surface area (Å²) >= 11 is 0. The van der Waals surface area contributed by atoms with Crippen LogP contribution in [0.2, 0.25) is 0 Å². The van der Waals surface area contributed by atoms with Crippen LogP contribution in [-0.2, 0) is 12.8 Å². The van der Waals surface area contributed by atoms with Crippen LogP contribution in [0.5, 0.6) is 11.5 Å². The molecule has 0 fully saturated rings. The highest BCUT2D eigenvalue weighted by molar-refractivity contribution is 5.55. The zero-order chi connectivity index (χ0) is 14.8. The number of nitriles is 1. The number of methoxy groups -OCH3 is 2. The topological polar surface area (TPSA) is 42.2 Å². The minimum atomic E-state index is -0.251. The Morgan fingerprint density at radius 1 is 0.952 bits per heavy atom. The van der Waals surface area contributed by atoms with Gasteiger partial charge < -0.3 is 9.47 Å². The van der Waals surface area contributed by atoms with E-state index in [1.165, 1.54) is 5.56 Å². The molecule has 0 bridgehead atoms. The Morgan fingerprint density at radius 3 is 2.33 bits per heavy atom. The number of benzene rings is 2. The third-order valence-corrected chi connectivity index (χ3v) is 4.12. The molecule has 21 heavy (non-hydrogen) atoms. The standard InChI is InChI=1S/C18H17NO2/c1-20-17-9-13-8-7-12-5-3-4-6-14(12)16(11-19)15(13)10-18(17)21-2/h3-6,9-10,16H,7-8H2,1-2H3. The molecule has 0 N–H and O–H groups in total. The first-order valence-electron chi connectivity index (χ1n) is 7.00. The summed E-state index contributed by atoms with van der Waals surface area (Å²) in [6.07, 6.45) is 1.85. The Hall–Kier alpha value is -2.47. The second kappa shape index (κ2) is 5.49. The molecule has 1 aliphatic carbocycles. The van der Waals surface area contributed by atoms with Crippen molar-refractivity contribution in [3.8, 4) is 17.6 Å². The van der Waals surface area contributed by atoms with E-state index >= 15 is 0 Å². The Bertz CT molecular complexity index is 716. The summed E-state index contributed by atoms with van der Waals surface area (Å²) in [4.78, 5) is 0. The van der Waals surface area contributed by atoms with E-state index in [1.54, 1.807) is 14.2 Å². The van der Waals surface area contributed by atoms with Gasteiger partial charge in [-0.05, 0) is 47.2 Å². The predicted octanol–water partition coefficient (Wildman–Crippen LogP) is 3.46. The van der Waals surface area contributed by atoms with Crippen molar-refractivity contribution in [3.05, 3.63) is 58.7 Å². The Balaban J connectivity index is 2.21. The second-order valence-electron chi connectivity index (χ2n) is 5.17. The molecular weight excluding hydrogens is 262 g/mol. The average Bonchev–Trinajstić information content (AvgIpc) is 2.69. The van der Waals surface area contributed by atoms with E-state index in [0.29, 0.717) is 5.75 Å². The SMILES string of the molecule is COc1cc2c(cc1OC)C(C#N)c1ccccc1CC2. The first-order chi connectivity index (χ1) is 10.3. The number of hydrogen-bond acceptors (Lipinski definition) is 3. The van der Waals surface area contributed by atoms with Crippen molar-refractivity contribution in [2.75, 3.05) is 14.2 Å². The molecule has 2 aromatic rings. The van der Waals surface area contributed by atoms with Gasteiger partial charge in [0.25, 0.3) is 0 Å². The largest absolute Gasteiger partial charge is 0.493 e. The van der Waals surface area contributed by atoms with Crippen LogP contribution in [0, 0.1) is 11.3 Å². The monoisotopic (exact) mass is 279 g/mol. The highest BCUT2D eigenvalue weighted by Gasteiger charge is 2.25. The zero-order valence-electron chi connectivity index (χ0n) is 12.2. The molecule has 0 saturated heterocycles. The van der Waals surface area contributed by atoms with E-state index in [4.69, 9.17) is 9.47 Å². The molecule has 1 aliphatic rings. The van der Waals surface area contributed by atoms with Crippen molar-refractivity contribution < 1.29 is 9.47 Å². The molecule has 3 rings (SSSR count). The lowest BCUT2D eigenvalue weighted by atomic mass is 9.89. The average molecular weight is 279 g/mol. The molecule has 0 amide bonds. The predicted molar refractivity (Wildman–Crippen MR) is 80.9 cm³/mol. The highest BCUT2D eigenvalue weighted by Crippen LogP contribution is 2.39. The van der Waals surface area contributed by atoms with Gasteiger partial charge in [-0.2, -0.15) is 5.26 Å². The molecule has 0 radical (unpaired) electrons. The maximum absolute atomic E-state index is 9.68. The van der Waals surface area contributed by atoms with Gasteiger partial charge in [0.15, 0.2) is 11.5 Å². The molecule has 1 unspecified atom stereocenters.